The highest BCUT2D eigenvalue weighted by atomic mass is 35.5. The maximum absolute atomic E-state index is 11.9. The molecule has 1 heterocycles. The van der Waals surface area contributed by atoms with Gasteiger partial charge in [0.05, 0.1) is 6.54 Å². The van der Waals surface area contributed by atoms with Crippen LogP contribution >= 0.6 is 11.6 Å². The van der Waals surface area contributed by atoms with E-state index in [9.17, 15) is 18.0 Å². The fraction of sp³-hybridized carbons (Fsp3) is 0.250. The van der Waals surface area contributed by atoms with Crippen LogP contribution in [0.4, 0.5) is 18.0 Å². The number of nitrogens with zero attached hydrogens (tertiary/aromatic N) is 2. The Morgan fingerprint density at radius 1 is 1.23 bits per heavy atom. The number of rotatable bonds is 4. The molecule has 0 radical (unpaired) electrons. The normalized spacial score (nSPS) is 11.3. The molecule has 2 amide bonds. The third kappa shape index (κ3) is 4.92. The molecule has 6 nitrogen and oxygen atoms in total. The lowest BCUT2D eigenvalue weighted by molar-refractivity contribution is -0.122. The van der Waals surface area contributed by atoms with Gasteiger partial charge in [0, 0.05) is 10.6 Å². The highest BCUT2D eigenvalue weighted by molar-refractivity contribution is 6.30. The molecule has 10 heteroatoms. The average molecular weight is 335 g/mol. The molecular formula is C12H10ClF3N4O2. The molecule has 0 bridgehead atoms. The maximum Gasteiger partial charge on any atom is 0.405 e. The van der Waals surface area contributed by atoms with Crippen LogP contribution in [0.1, 0.15) is 5.89 Å². The molecule has 0 saturated heterocycles. The summed E-state index contributed by atoms with van der Waals surface area (Å²) in [5.41, 5.74) is 0.654. The Morgan fingerprint density at radius 3 is 2.55 bits per heavy atom. The fourth-order valence-electron chi connectivity index (χ4n) is 1.44. The van der Waals surface area contributed by atoms with Gasteiger partial charge in [-0.2, -0.15) is 18.2 Å². The fourth-order valence-corrected chi connectivity index (χ4v) is 1.57. The largest absolute Gasteiger partial charge is 0.405 e. The second kappa shape index (κ2) is 6.65. The Bertz CT molecular complexity index is 643. The molecule has 1 aromatic heterocycles. The van der Waals surface area contributed by atoms with Crippen molar-refractivity contribution < 1.29 is 22.5 Å². The third-order valence-corrected chi connectivity index (χ3v) is 2.67. The number of halogens is 4. The highest BCUT2D eigenvalue weighted by Crippen LogP contribution is 2.18. The topological polar surface area (TPSA) is 80.1 Å². The quantitative estimate of drug-likeness (QED) is 0.901. The van der Waals surface area contributed by atoms with Crippen molar-refractivity contribution in [2.75, 3.05) is 6.54 Å². The lowest BCUT2D eigenvalue weighted by Crippen LogP contribution is -2.40. The first-order chi connectivity index (χ1) is 10.3. The minimum Gasteiger partial charge on any atom is -0.337 e. The van der Waals surface area contributed by atoms with Crippen molar-refractivity contribution in [3.63, 3.8) is 0 Å². The second-order valence-electron chi connectivity index (χ2n) is 4.17. The van der Waals surface area contributed by atoms with E-state index in [0.717, 1.165) is 0 Å². The summed E-state index contributed by atoms with van der Waals surface area (Å²) in [5.74, 6) is 0.344. The number of urea groups is 1. The van der Waals surface area contributed by atoms with Gasteiger partial charge in [-0.1, -0.05) is 16.8 Å². The standard InChI is InChI=1S/C12H10ClF3N4O2/c13-8-3-1-7(2-4-8)10-19-9(22-20-10)5-17-11(21)18-6-12(14,15)16/h1-4H,5-6H2,(H2,17,18,21). The Labute approximate surface area is 127 Å². The first-order valence-electron chi connectivity index (χ1n) is 6.00. The van der Waals surface area contributed by atoms with Gasteiger partial charge < -0.3 is 15.2 Å². The number of nitrogens with one attached hydrogen (secondary N) is 2. The van der Waals surface area contributed by atoms with Crippen molar-refractivity contribution in [1.29, 1.82) is 0 Å². The van der Waals surface area contributed by atoms with Crippen molar-refractivity contribution in [1.82, 2.24) is 20.8 Å². The van der Waals surface area contributed by atoms with Crippen LogP contribution in [-0.2, 0) is 6.54 Å². The predicted molar refractivity (Wildman–Crippen MR) is 71.0 cm³/mol. The molecule has 0 fully saturated rings. The van der Waals surface area contributed by atoms with Gasteiger partial charge in [0.25, 0.3) is 0 Å². The molecule has 1 aromatic carbocycles. The number of carbonyl (C=O) groups is 1. The van der Waals surface area contributed by atoms with E-state index in [1.54, 1.807) is 29.6 Å². The first-order valence-corrected chi connectivity index (χ1v) is 6.38. The van der Waals surface area contributed by atoms with Crippen LogP contribution in [0.25, 0.3) is 11.4 Å². The lowest BCUT2D eigenvalue weighted by Gasteiger charge is -2.08. The van der Waals surface area contributed by atoms with Gasteiger partial charge in [-0.25, -0.2) is 4.79 Å². The average Bonchev–Trinajstić information content (AvgIpc) is 2.92. The smallest absolute Gasteiger partial charge is 0.337 e. The van der Waals surface area contributed by atoms with Crippen LogP contribution in [0.5, 0.6) is 0 Å². The molecule has 2 N–H and O–H groups in total. The van der Waals surface area contributed by atoms with Gasteiger partial charge in [-0.05, 0) is 24.3 Å². The molecule has 118 valence electrons. The van der Waals surface area contributed by atoms with Crippen LogP contribution in [0.3, 0.4) is 0 Å². The number of hydrogen-bond acceptors (Lipinski definition) is 4. The van der Waals surface area contributed by atoms with E-state index < -0.39 is 18.8 Å². The Balaban J connectivity index is 1.87. The summed E-state index contributed by atoms with van der Waals surface area (Å²) in [6, 6.07) is 5.68. The van der Waals surface area contributed by atoms with Gasteiger partial charge in [0.2, 0.25) is 11.7 Å². The molecule has 0 unspecified atom stereocenters. The van der Waals surface area contributed by atoms with E-state index in [-0.39, 0.29) is 18.3 Å². The summed E-state index contributed by atoms with van der Waals surface area (Å²) >= 11 is 5.75. The van der Waals surface area contributed by atoms with Gasteiger partial charge in [-0.3, -0.25) is 0 Å². The summed E-state index contributed by atoms with van der Waals surface area (Å²) in [6.45, 7) is -1.61. The Hall–Kier alpha value is -2.29. The minimum absolute atomic E-state index is 0.0621. The Morgan fingerprint density at radius 2 is 1.91 bits per heavy atom. The van der Waals surface area contributed by atoms with E-state index in [1.165, 1.54) is 0 Å². The Kier molecular flexibility index (Phi) is 4.86. The summed E-state index contributed by atoms with van der Waals surface area (Å²) < 4.78 is 40.6. The number of hydrogen-bond donors (Lipinski definition) is 2. The molecule has 0 aliphatic carbocycles. The van der Waals surface area contributed by atoms with Crippen molar-refractivity contribution >= 4 is 17.6 Å². The molecule has 0 aliphatic heterocycles. The second-order valence-corrected chi connectivity index (χ2v) is 4.61. The van der Waals surface area contributed by atoms with E-state index in [0.29, 0.717) is 10.6 Å². The number of alkyl halides is 3. The van der Waals surface area contributed by atoms with E-state index >= 15 is 0 Å². The molecule has 0 spiro atoms. The predicted octanol–water partition coefficient (Wildman–Crippen LogP) is 2.75. The van der Waals surface area contributed by atoms with E-state index in [1.807, 2.05) is 0 Å². The molecule has 0 atom stereocenters. The van der Waals surface area contributed by atoms with Gasteiger partial charge in [-0.15, -0.1) is 0 Å². The first kappa shape index (κ1) is 16.1. The summed E-state index contributed by atoms with van der Waals surface area (Å²) in [5, 5.41) is 8.09. The number of aromatic nitrogens is 2. The molecule has 22 heavy (non-hydrogen) atoms. The van der Waals surface area contributed by atoms with Crippen molar-refractivity contribution in [3.05, 3.63) is 35.2 Å². The molecular weight excluding hydrogens is 325 g/mol. The van der Waals surface area contributed by atoms with Crippen molar-refractivity contribution in [3.8, 4) is 11.4 Å². The highest BCUT2D eigenvalue weighted by Gasteiger charge is 2.27. The number of carbonyl (C=O) groups excluding carboxylic acids is 1. The van der Waals surface area contributed by atoms with Gasteiger partial charge >= 0.3 is 12.2 Å². The van der Waals surface area contributed by atoms with Gasteiger partial charge in [0.15, 0.2) is 0 Å². The zero-order valence-corrected chi connectivity index (χ0v) is 11.7. The third-order valence-electron chi connectivity index (χ3n) is 2.42. The van der Waals surface area contributed by atoms with Crippen LogP contribution < -0.4 is 10.6 Å². The maximum atomic E-state index is 11.9. The number of benzene rings is 1. The zero-order chi connectivity index (χ0) is 16.2. The summed E-state index contributed by atoms with van der Waals surface area (Å²) in [6.07, 6.45) is -4.47. The van der Waals surface area contributed by atoms with Crippen LogP contribution in [0, 0.1) is 0 Å². The van der Waals surface area contributed by atoms with E-state index in [2.05, 4.69) is 15.5 Å². The molecule has 2 aromatic rings. The monoisotopic (exact) mass is 334 g/mol. The number of amides is 2. The summed E-state index contributed by atoms with van der Waals surface area (Å²) in [7, 11) is 0. The lowest BCUT2D eigenvalue weighted by atomic mass is 10.2. The van der Waals surface area contributed by atoms with Gasteiger partial charge in [0.1, 0.15) is 6.54 Å². The zero-order valence-electron chi connectivity index (χ0n) is 10.9. The molecule has 0 saturated carbocycles. The summed E-state index contributed by atoms with van der Waals surface area (Å²) in [4.78, 5) is 15.2. The van der Waals surface area contributed by atoms with Crippen molar-refractivity contribution in [2.24, 2.45) is 0 Å². The SMILES string of the molecule is O=C(NCc1nc(-c2ccc(Cl)cc2)no1)NCC(F)(F)F. The van der Waals surface area contributed by atoms with Crippen molar-refractivity contribution in [2.45, 2.75) is 12.7 Å². The minimum atomic E-state index is -4.47. The van der Waals surface area contributed by atoms with Crippen LogP contribution in [0.2, 0.25) is 5.02 Å². The molecule has 0 aliphatic rings. The van der Waals surface area contributed by atoms with Crippen LogP contribution in [0.15, 0.2) is 28.8 Å². The van der Waals surface area contributed by atoms with E-state index in [4.69, 9.17) is 16.1 Å². The molecule has 2 rings (SSSR count). The van der Waals surface area contributed by atoms with Crippen LogP contribution in [-0.4, -0.2) is 28.9 Å².